The van der Waals surface area contributed by atoms with Crippen molar-refractivity contribution in [1.29, 1.82) is 0 Å². The van der Waals surface area contributed by atoms with Crippen LogP contribution in [0.5, 0.6) is 0 Å². The molecule has 0 bridgehead atoms. The van der Waals surface area contributed by atoms with Gasteiger partial charge in [0.2, 0.25) is 0 Å². The van der Waals surface area contributed by atoms with Crippen molar-refractivity contribution < 1.29 is 0 Å². The Morgan fingerprint density at radius 3 is 2.12 bits per heavy atom. The number of rotatable bonds is 5. The van der Waals surface area contributed by atoms with Gasteiger partial charge < -0.3 is 10.2 Å². The third kappa shape index (κ3) is 7.69. The van der Waals surface area contributed by atoms with Crippen LogP contribution in [0.15, 0.2) is 4.99 Å². The van der Waals surface area contributed by atoms with E-state index in [4.69, 9.17) is 0 Å². The lowest BCUT2D eigenvalue weighted by Gasteiger charge is -2.24. The summed E-state index contributed by atoms with van der Waals surface area (Å²) < 4.78 is 0. The fourth-order valence-electron chi connectivity index (χ4n) is 1.80. The van der Waals surface area contributed by atoms with Gasteiger partial charge in [-0.3, -0.25) is 4.99 Å². The number of amidine groups is 1. The topological polar surface area (TPSA) is 27.6 Å². The maximum absolute atomic E-state index is 4.66. The number of hydrogen-bond acceptors (Lipinski definition) is 2. The van der Waals surface area contributed by atoms with E-state index in [1.165, 1.54) is 0 Å². The van der Waals surface area contributed by atoms with Gasteiger partial charge in [-0.2, -0.15) is 0 Å². The molecule has 0 aromatic heterocycles. The van der Waals surface area contributed by atoms with Gasteiger partial charge in [-0.15, -0.1) is 0 Å². The van der Waals surface area contributed by atoms with E-state index < -0.39 is 0 Å². The van der Waals surface area contributed by atoms with Gasteiger partial charge in [-0.25, -0.2) is 0 Å². The molecule has 0 heterocycles. The van der Waals surface area contributed by atoms with E-state index in [9.17, 15) is 0 Å². The van der Waals surface area contributed by atoms with Gasteiger partial charge in [-0.05, 0) is 47.7 Å². The van der Waals surface area contributed by atoms with Crippen LogP contribution in [0.4, 0.5) is 0 Å². The minimum absolute atomic E-state index is 0.0997. The van der Waals surface area contributed by atoms with Crippen molar-refractivity contribution in [3.8, 4) is 0 Å². The van der Waals surface area contributed by atoms with Crippen molar-refractivity contribution in [3.63, 3.8) is 0 Å². The Bertz CT molecular complexity index is 212. The number of likely N-dealkylation sites (N-methyl/N-ethyl adjacent to an activating group) is 1. The van der Waals surface area contributed by atoms with Crippen molar-refractivity contribution in [2.75, 3.05) is 19.6 Å². The normalized spacial score (nSPS) is 15.4. The van der Waals surface area contributed by atoms with Crippen LogP contribution in [-0.2, 0) is 0 Å². The smallest absolute Gasteiger partial charge is 0.0939 e. The molecule has 0 aliphatic carbocycles. The monoisotopic (exact) mass is 227 g/mol. The fraction of sp³-hybridized carbons (Fsp3) is 0.923. The fourth-order valence-corrected chi connectivity index (χ4v) is 1.80. The average Bonchev–Trinajstić information content (AvgIpc) is 2.10. The molecule has 0 amide bonds. The summed E-state index contributed by atoms with van der Waals surface area (Å²) in [4.78, 5) is 7.06. The van der Waals surface area contributed by atoms with Gasteiger partial charge in [0.1, 0.15) is 0 Å². The van der Waals surface area contributed by atoms with Crippen LogP contribution >= 0.6 is 0 Å². The van der Waals surface area contributed by atoms with Crippen molar-refractivity contribution in [3.05, 3.63) is 0 Å². The lowest BCUT2D eigenvalue weighted by Crippen LogP contribution is -2.40. The molecule has 1 unspecified atom stereocenters. The van der Waals surface area contributed by atoms with Gasteiger partial charge >= 0.3 is 0 Å². The molecule has 1 N–H and O–H groups in total. The van der Waals surface area contributed by atoms with E-state index in [0.717, 1.165) is 25.5 Å². The van der Waals surface area contributed by atoms with Crippen LogP contribution in [-0.4, -0.2) is 42.0 Å². The molecular formula is C13H29N3. The SMILES string of the molecule is CCN(CC)CC(C)N=C(C)NC(C)(C)C. The Hall–Kier alpha value is -0.570. The molecule has 0 saturated carbocycles. The molecular weight excluding hydrogens is 198 g/mol. The quantitative estimate of drug-likeness (QED) is 0.577. The standard InChI is InChI=1S/C13H29N3/c1-8-16(9-2)10-11(3)14-12(4)15-13(5,6)7/h11H,8-10H2,1-7H3,(H,14,15). The summed E-state index contributed by atoms with van der Waals surface area (Å²) in [6.45, 7) is 18.3. The minimum atomic E-state index is 0.0997. The molecule has 0 radical (unpaired) electrons. The average molecular weight is 227 g/mol. The summed E-state index contributed by atoms with van der Waals surface area (Å²) in [5.41, 5.74) is 0.0997. The van der Waals surface area contributed by atoms with E-state index >= 15 is 0 Å². The maximum Gasteiger partial charge on any atom is 0.0939 e. The number of nitrogens with one attached hydrogen (secondary N) is 1. The zero-order chi connectivity index (χ0) is 12.8. The third-order valence-corrected chi connectivity index (χ3v) is 2.39. The first-order chi connectivity index (χ1) is 7.28. The molecule has 0 fully saturated rings. The Balaban J connectivity index is 4.19. The first-order valence-corrected chi connectivity index (χ1v) is 6.33. The molecule has 0 spiro atoms. The van der Waals surface area contributed by atoms with E-state index in [0.29, 0.717) is 6.04 Å². The van der Waals surface area contributed by atoms with Crippen LogP contribution < -0.4 is 5.32 Å². The molecule has 96 valence electrons. The lowest BCUT2D eigenvalue weighted by atomic mass is 10.1. The highest BCUT2D eigenvalue weighted by Gasteiger charge is 2.11. The summed E-state index contributed by atoms with van der Waals surface area (Å²) in [7, 11) is 0. The lowest BCUT2D eigenvalue weighted by molar-refractivity contribution is 0.289. The molecule has 16 heavy (non-hydrogen) atoms. The second kappa shape index (κ2) is 6.89. The van der Waals surface area contributed by atoms with E-state index in [1.54, 1.807) is 0 Å². The minimum Gasteiger partial charge on any atom is -0.369 e. The van der Waals surface area contributed by atoms with Crippen molar-refractivity contribution >= 4 is 5.84 Å². The van der Waals surface area contributed by atoms with Gasteiger partial charge in [0.25, 0.3) is 0 Å². The Morgan fingerprint density at radius 1 is 1.25 bits per heavy atom. The van der Waals surface area contributed by atoms with Crippen molar-refractivity contribution in [2.24, 2.45) is 4.99 Å². The van der Waals surface area contributed by atoms with Crippen molar-refractivity contribution in [1.82, 2.24) is 10.2 Å². The van der Waals surface area contributed by atoms with Crippen molar-refractivity contribution in [2.45, 2.75) is 60.0 Å². The predicted molar refractivity (Wildman–Crippen MR) is 73.2 cm³/mol. The predicted octanol–water partition coefficient (Wildman–Crippen LogP) is 2.52. The van der Waals surface area contributed by atoms with E-state index in [2.05, 4.69) is 56.8 Å². The summed E-state index contributed by atoms with van der Waals surface area (Å²) in [6, 6.07) is 0.356. The summed E-state index contributed by atoms with van der Waals surface area (Å²) in [5, 5.41) is 3.39. The molecule has 0 aliphatic rings. The molecule has 0 aromatic carbocycles. The zero-order valence-electron chi connectivity index (χ0n) is 12.1. The Morgan fingerprint density at radius 2 is 1.75 bits per heavy atom. The maximum atomic E-state index is 4.66. The Labute approximate surface area is 101 Å². The van der Waals surface area contributed by atoms with Gasteiger partial charge in [-0.1, -0.05) is 13.8 Å². The number of hydrogen-bond donors (Lipinski definition) is 1. The van der Waals surface area contributed by atoms with Gasteiger partial charge in [0.15, 0.2) is 0 Å². The van der Waals surface area contributed by atoms with E-state index in [1.807, 2.05) is 6.92 Å². The summed E-state index contributed by atoms with van der Waals surface area (Å²) >= 11 is 0. The highest BCUT2D eigenvalue weighted by Crippen LogP contribution is 2.01. The van der Waals surface area contributed by atoms with Crippen LogP contribution in [0.25, 0.3) is 0 Å². The molecule has 0 aromatic rings. The third-order valence-electron chi connectivity index (χ3n) is 2.39. The van der Waals surface area contributed by atoms with Crippen LogP contribution in [0.3, 0.4) is 0 Å². The second-order valence-corrected chi connectivity index (χ2v) is 5.42. The zero-order valence-corrected chi connectivity index (χ0v) is 12.1. The molecule has 3 nitrogen and oxygen atoms in total. The second-order valence-electron chi connectivity index (χ2n) is 5.42. The molecule has 0 rings (SSSR count). The molecule has 0 aliphatic heterocycles. The van der Waals surface area contributed by atoms with E-state index in [-0.39, 0.29) is 5.54 Å². The largest absolute Gasteiger partial charge is 0.369 e. The van der Waals surface area contributed by atoms with Crippen LogP contribution in [0, 0.1) is 0 Å². The molecule has 0 saturated heterocycles. The summed E-state index contributed by atoms with van der Waals surface area (Å²) in [6.07, 6.45) is 0. The van der Waals surface area contributed by atoms with Gasteiger partial charge in [0.05, 0.1) is 11.9 Å². The molecule has 3 heteroatoms. The number of aliphatic imine (C=N–C) groups is 1. The first-order valence-electron chi connectivity index (χ1n) is 6.33. The highest BCUT2D eigenvalue weighted by molar-refractivity contribution is 5.80. The van der Waals surface area contributed by atoms with Gasteiger partial charge in [0, 0.05) is 12.1 Å². The highest BCUT2D eigenvalue weighted by atomic mass is 15.1. The summed E-state index contributed by atoms with van der Waals surface area (Å²) in [5.74, 6) is 1.03. The first kappa shape index (κ1) is 15.4. The Kier molecular flexibility index (Phi) is 6.65. The van der Waals surface area contributed by atoms with Crippen LogP contribution in [0.2, 0.25) is 0 Å². The molecule has 1 atom stereocenters. The number of nitrogens with zero attached hydrogens (tertiary/aromatic N) is 2. The van der Waals surface area contributed by atoms with Crippen LogP contribution in [0.1, 0.15) is 48.5 Å².